The highest BCUT2D eigenvalue weighted by atomic mass is 15.2. The number of hydrogen-bond acceptors (Lipinski definition) is 2. The summed E-state index contributed by atoms with van der Waals surface area (Å²) in [7, 11) is 0. The van der Waals surface area contributed by atoms with Gasteiger partial charge in [-0.2, -0.15) is 0 Å². The summed E-state index contributed by atoms with van der Waals surface area (Å²) in [6.07, 6.45) is 7.33. The fourth-order valence-electron chi connectivity index (χ4n) is 3.33. The Morgan fingerprint density at radius 3 is 2.39 bits per heavy atom. The van der Waals surface area contributed by atoms with E-state index in [0.29, 0.717) is 0 Å². The van der Waals surface area contributed by atoms with Crippen molar-refractivity contribution in [2.75, 3.05) is 26.2 Å². The highest BCUT2D eigenvalue weighted by Crippen LogP contribution is 2.33. The molecule has 0 spiro atoms. The Labute approximate surface area is 113 Å². The maximum Gasteiger partial charge on any atom is 0.0198 e. The highest BCUT2D eigenvalue weighted by molar-refractivity contribution is 4.89. The molecule has 1 heterocycles. The molecule has 2 unspecified atom stereocenters. The Kier molecular flexibility index (Phi) is 3.95. The van der Waals surface area contributed by atoms with Crippen LogP contribution in [0.2, 0.25) is 0 Å². The van der Waals surface area contributed by atoms with Crippen LogP contribution in [0.25, 0.3) is 0 Å². The van der Waals surface area contributed by atoms with Gasteiger partial charge in [-0.05, 0) is 62.3 Å². The van der Waals surface area contributed by atoms with E-state index in [1.807, 2.05) is 0 Å². The topological polar surface area (TPSA) is 15.3 Å². The summed E-state index contributed by atoms with van der Waals surface area (Å²) in [5.74, 6) is 3.81. The number of rotatable bonds is 6. The largest absolute Gasteiger partial charge is 0.312 e. The molecule has 3 rings (SSSR count). The number of hydrogen-bond donors (Lipinski definition) is 1. The first kappa shape index (κ1) is 12.9. The zero-order valence-corrected chi connectivity index (χ0v) is 12.2. The van der Waals surface area contributed by atoms with Crippen LogP contribution in [0.5, 0.6) is 0 Å². The summed E-state index contributed by atoms with van der Waals surface area (Å²) in [5.41, 5.74) is 0. The standard InChI is InChI=1S/C16H30N2/c1-12(2)15-7-16(17-8-13-3-4-13)11-18(10-15)9-14-5-6-14/h12-17H,3-11H2,1-2H3. The summed E-state index contributed by atoms with van der Waals surface area (Å²) in [5, 5.41) is 3.85. The second kappa shape index (κ2) is 5.50. The lowest BCUT2D eigenvalue weighted by Gasteiger charge is -2.40. The summed E-state index contributed by atoms with van der Waals surface area (Å²) >= 11 is 0. The van der Waals surface area contributed by atoms with E-state index in [1.165, 1.54) is 58.3 Å². The molecule has 0 aromatic carbocycles. The number of likely N-dealkylation sites (tertiary alicyclic amines) is 1. The molecule has 3 fully saturated rings. The number of nitrogens with zero attached hydrogens (tertiary/aromatic N) is 1. The third-order valence-electron chi connectivity index (χ3n) is 5.11. The quantitative estimate of drug-likeness (QED) is 0.780. The van der Waals surface area contributed by atoms with Crippen LogP contribution >= 0.6 is 0 Å². The monoisotopic (exact) mass is 250 g/mol. The predicted octanol–water partition coefficient (Wildman–Crippen LogP) is 2.74. The van der Waals surface area contributed by atoms with Gasteiger partial charge in [0.2, 0.25) is 0 Å². The van der Waals surface area contributed by atoms with Crippen molar-refractivity contribution in [2.45, 2.75) is 52.0 Å². The molecule has 0 bridgehead atoms. The van der Waals surface area contributed by atoms with Gasteiger partial charge < -0.3 is 10.2 Å². The van der Waals surface area contributed by atoms with Crippen molar-refractivity contribution < 1.29 is 0 Å². The second-order valence-corrected chi connectivity index (χ2v) is 7.45. The average molecular weight is 250 g/mol. The third-order valence-corrected chi connectivity index (χ3v) is 5.11. The smallest absolute Gasteiger partial charge is 0.0198 e. The Hall–Kier alpha value is -0.0800. The van der Waals surface area contributed by atoms with Crippen LogP contribution in [0, 0.1) is 23.7 Å². The predicted molar refractivity (Wildman–Crippen MR) is 76.6 cm³/mol. The van der Waals surface area contributed by atoms with E-state index in [2.05, 4.69) is 24.1 Å². The Bertz CT molecular complexity index is 268. The third kappa shape index (κ3) is 3.71. The second-order valence-electron chi connectivity index (χ2n) is 7.45. The molecule has 104 valence electrons. The van der Waals surface area contributed by atoms with Crippen LogP contribution in [0.1, 0.15) is 46.0 Å². The summed E-state index contributed by atoms with van der Waals surface area (Å²) in [6.45, 7) is 10.1. The first-order chi connectivity index (χ1) is 8.70. The average Bonchev–Trinajstić information content (AvgIpc) is 3.21. The van der Waals surface area contributed by atoms with Gasteiger partial charge >= 0.3 is 0 Å². The molecule has 1 N–H and O–H groups in total. The maximum atomic E-state index is 3.85. The lowest BCUT2D eigenvalue weighted by Crippen LogP contribution is -2.51. The molecule has 2 nitrogen and oxygen atoms in total. The first-order valence-electron chi connectivity index (χ1n) is 8.16. The highest BCUT2D eigenvalue weighted by Gasteiger charge is 2.33. The normalized spacial score (nSPS) is 34.2. The molecular formula is C16H30N2. The van der Waals surface area contributed by atoms with Gasteiger partial charge in [0.15, 0.2) is 0 Å². The van der Waals surface area contributed by atoms with Gasteiger partial charge in [-0.1, -0.05) is 13.8 Å². The molecule has 2 heteroatoms. The van der Waals surface area contributed by atoms with Crippen molar-refractivity contribution in [2.24, 2.45) is 23.7 Å². The summed E-state index contributed by atoms with van der Waals surface area (Å²) in [6, 6.07) is 0.769. The molecule has 3 aliphatic rings. The maximum absolute atomic E-state index is 3.85. The van der Waals surface area contributed by atoms with Crippen LogP contribution in [-0.4, -0.2) is 37.1 Å². The van der Waals surface area contributed by atoms with Crippen LogP contribution in [0.3, 0.4) is 0 Å². The van der Waals surface area contributed by atoms with Crippen molar-refractivity contribution in [3.05, 3.63) is 0 Å². The van der Waals surface area contributed by atoms with E-state index in [0.717, 1.165) is 29.7 Å². The lowest BCUT2D eigenvalue weighted by molar-refractivity contribution is 0.111. The lowest BCUT2D eigenvalue weighted by atomic mass is 9.85. The molecule has 1 aliphatic heterocycles. The zero-order valence-electron chi connectivity index (χ0n) is 12.2. The van der Waals surface area contributed by atoms with Crippen LogP contribution in [-0.2, 0) is 0 Å². The van der Waals surface area contributed by atoms with Gasteiger partial charge in [0.25, 0.3) is 0 Å². The van der Waals surface area contributed by atoms with E-state index in [-0.39, 0.29) is 0 Å². The van der Waals surface area contributed by atoms with Crippen LogP contribution < -0.4 is 5.32 Å². The summed E-state index contributed by atoms with van der Waals surface area (Å²) < 4.78 is 0. The Morgan fingerprint density at radius 1 is 1.06 bits per heavy atom. The molecule has 0 aromatic rings. The van der Waals surface area contributed by atoms with E-state index in [4.69, 9.17) is 0 Å². The van der Waals surface area contributed by atoms with Crippen molar-refractivity contribution in [1.82, 2.24) is 10.2 Å². The van der Waals surface area contributed by atoms with Gasteiger partial charge in [0, 0.05) is 25.7 Å². The van der Waals surface area contributed by atoms with Crippen molar-refractivity contribution in [3.63, 3.8) is 0 Å². The van der Waals surface area contributed by atoms with Gasteiger partial charge in [0.1, 0.15) is 0 Å². The van der Waals surface area contributed by atoms with E-state index in [9.17, 15) is 0 Å². The van der Waals surface area contributed by atoms with E-state index < -0.39 is 0 Å². The van der Waals surface area contributed by atoms with Gasteiger partial charge in [-0.15, -0.1) is 0 Å². The molecule has 0 aromatic heterocycles. The molecule has 0 radical (unpaired) electrons. The Balaban J connectivity index is 1.50. The van der Waals surface area contributed by atoms with Crippen molar-refractivity contribution in [1.29, 1.82) is 0 Å². The minimum absolute atomic E-state index is 0.769. The zero-order chi connectivity index (χ0) is 12.5. The molecular weight excluding hydrogens is 220 g/mol. The fraction of sp³-hybridized carbons (Fsp3) is 1.00. The van der Waals surface area contributed by atoms with Gasteiger partial charge in [-0.3, -0.25) is 0 Å². The van der Waals surface area contributed by atoms with Crippen molar-refractivity contribution >= 4 is 0 Å². The molecule has 1 saturated heterocycles. The first-order valence-corrected chi connectivity index (χ1v) is 8.16. The van der Waals surface area contributed by atoms with Crippen LogP contribution in [0.4, 0.5) is 0 Å². The van der Waals surface area contributed by atoms with Crippen LogP contribution in [0.15, 0.2) is 0 Å². The van der Waals surface area contributed by atoms with Crippen molar-refractivity contribution in [3.8, 4) is 0 Å². The molecule has 0 amide bonds. The fourth-order valence-corrected chi connectivity index (χ4v) is 3.33. The molecule has 2 aliphatic carbocycles. The Morgan fingerprint density at radius 2 is 1.78 bits per heavy atom. The van der Waals surface area contributed by atoms with E-state index in [1.54, 1.807) is 0 Å². The number of nitrogens with one attached hydrogen (secondary N) is 1. The summed E-state index contributed by atoms with van der Waals surface area (Å²) in [4.78, 5) is 2.76. The molecule has 18 heavy (non-hydrogen) atoms. The van der Waals surface area contributed by atoms with Gasteiger partial charge in [-0.25, -0.2) is 0 Å². The molecule has 2 saturated carbocycles. The molecule has 2 atom stereocenters. The number of piperidine rings is 1. The SMILES string of the molecule is CC(C)C1CC(NCC2CC2)CN(CC2CC2)C1. The van der Waals surface area contributed by atoms with E-state index >= 15 is 0 Å². The minimum atomic E-state index is 0.769. The van der Waals surface area contributed by atoms with Gasteiger partial charge in [0.05, 0.1) is 0 Å². The minimum Gasteiger partial charge on any atom is -0.312 e.